The van der Waals surface area contributed by atoms with Crippen LogP contribution in [0.2, 0.25) is 0 Å². The number of ether oxygens (including phenoxy) is 1. The second-order valence-electron chi connectivity index (χ2n) is 5.04. The number of hydrogen-bond acceptors (Lipinski definition) is 2. The Kier molecular flexibility index (Phi) is 3.20. The second-order valence-corrected chi connectivity index (χ2v) is 5.04. The van der Waals surface area contributed by atoms with Crippen LogP contribution in [-0.2, 0) is 6.42 Å². The van der Waals surface area contributed by atoms with Gasteiger partial charge in [-0.2, -0.15) is 0 Å². The van der Waals surface area contributed by atoms with Crippen molar-refractivity contribution in [3.8, 4) is 5.75 Å². The summed E-state index contributed by atoms with van der Waals surface area (Å²) >= 11 is 0. The first-order valence-electron chi connectivity index (χ1n) is 6.06. The van der Waals surface area contributed by atoms with Crippen molar-refractivity contribution < 1.29 is 4.74 Å². The van der Waals surface area contributed by atoms with Crippen LogP contribution in [0.5, 0.6) is 5.75 Å². The van der Waals surface area contributed by atoms with Gasteiger partial charge in [-0.15, -0.1) is 0 Å². The number of benzene rings is 1. The molecule has 1 aromatic rings. The van der Waals surface area contributed by atoms with Gasteiger partial charge in [0.2, 0.25) is 0 Å². The van der Waals surface area contributed by atoms with Crippen LogP contribution in [0.4, 0.5) is 0 Å². The third-order valence-electron chi connectivity index (χ3n) is 3.64. The van der Waals surface area contributed by atoms with Crippen molar-refractivity contribution in [1.82, 2.24) is 0 Å². The zero-order valence-electron chi connectivity index (χ0n) is 10.4. The van der Waals surface area contributed by atoms with E-state index in [2.05, 4.69) is 26.0 Å². The van der Waals surface area contributed by atoms with Gasteiger partial charge in [0, 0.05) is 12.0 Å². The van der Waals surface area contributed by atoms with Crippen LogP contribution >= 0.6 is 0 Å². The van der Waals surface area contributed by atoms with E-state index < -0.39 is 0 Å². The minimum absolute atomic E-state index is 0.291. The Morgan fingerprint density at radius 2 is 2.12 bits per heavy atom. The monoisotopic (exact) mass is 219 g/mol. The Hall–Kier alpha value is -1.02. The minimum Gasteiger partial charge on any atom is -0.497 e. The Labute approximate surface area is 97.8 Å². The number of hydrogen-bond donors (Lipinski definition) is 1. The van der Waals surface area contributed by atoms with Gasteiger partial charge in [0.15, 0.2) is 0 Å². The van der Waals surface area contributed by atoms with Gasteiger partial charge in [-0.25, -0.2) is 0 Å². The molecule has 1 aliphatic carbocycles. The molecule has 0 aromatic heterocycles. The molecular formula is C14H21NO. The zero-order chi connectivity index (χ0) is 11.7. The largest absolute Gasteiger partial charge is 0.497 e. The normalized spacial score (nSPS) is 24.3. The van der Waals surface area contributed by atoms with Crippen LogP contribution in [0.15, 0.2) is 18.2 Å². The van der Waals surface area contributed by atoms with E-state index in [1.165, 1.54) is 11.1 Å². The molecule has 0 radical (unpaired) electrons. The highest BCUT2D eigenvalue weighted by Gasteiger charge is 2.29. The molecule has 2 nitrogen and oxygen atoms in total. The van der Waals surface area contributed by atoms with Crippen LogP contribution in [0.1, 0.15) is 37.3 Å². The molecule has 1 aromatic carbocycles. The van der Waals surface area contributed by atoms with Gasteiger partial charge in [-0.1, -0.05) is 19.9 Å². The van der Waals surface area contributed by atoms with E-state index in [1.807, 2.05) is 6.07 Å². The summed E-state index contributed by atoms with van der Waals surface area (Å²) in [7, 11) is 1.72. The predicted molar refractivity (Wildman–Crippen MR) is 66.9 cm³/mol. The van der Waals surface area contributed by atoms with E-state index in [0.717, 1.165) is 18.6 Å². The van der Waals surface area contributed by atoms with Gasteiger partial charge in [0.25, 0.3) is 0 Å². The van der Waals surface area contributed by atoms with E-state index in [1.54, 1.807) is 7.11 Å². The van der Waals surface area contributed by atoms with Crippen molar-refractivity contribution in [2.24, 2.45) is 11.7 Å². The zero-order valence-corrected chi connectivity index (χ0v) is 10.4. The molecular weight excluding hydrogens is 198 g/mol. The highest BCUT2D eigenvalue weighted by Crippen LogP contribution is 2.37. The molecule has 0 bridgehead atoms. The molecule has 0 saturated heterocycles. The van der Waals surface area contributed by atoms with Gasteiger partial charge in [-0.05, 0) is 42.0 Å². The molecule has 0 heterocycles. The van der Waals surface area contributed by atoms with E-state index >= 15 is 0 Å². The first-order chi connectivity index (χ1) is 7.63. The lowest BCUT2D eigenvalue weighted by Gasteiger charge is -2.34. The van der Waals surface area contributed by atoms with Crippen molar-refractivity contribution in [3.63, 3.8) is 0 Å². The Morgan fingerprint density at radius 1 is 1.38 bits per heavy atom. The van der Waals surface area contributed by atoms with Gasteiger partial charge in [0.05, 0.1) is 7.11 Å². The first kappa shape index (κ1) is 11.5. The lowest BCUT2D eigenvalue weighted by molar-refractivity contribution is 0.373. The molecule has 1 aliphatic rings. The van der Waals surface area contributed by atoms with Gasteiger partial charge in [-0.3, -0.25) is 0 Å². The maximum absolute atomic E-state index is 6.25. The van der Waals surface area contributed by atoms with E-state index in [0.29, 0.717) is 17.9 Å². The molecule has 0 saturated carbocycles. The number of rotatable bonds is 2. The highest BCUT2D eigenvalue weighted by molar-refractivity contribution is 5.40. The minimum atomic E-state index is 0.291. The fourth-order valence-corrected chi connectivity index (χ4v) is 2.82. The second kappa shape index (κ2) is 4.46. The average molecular weight is 219 g/mol. The molecule has 2 rings (SSSR count). The summed E-state index contributed by atoms with van der Waals surface area (Å²) in [5, 5.41) is 0. The molecule has 16 heavy (non-hydrogen) atoms. The summed E-state index contributed by atoms with van der Waals surface area (Å²) in [5.41, 5.74) is 9.09. The number of aryl methyl sites for hydroxylation is 1. The summed E-state index contributed by atoms with van der Waals surface area (Å²) in [6.07, 6.45) is 2.20. The maximum atomic E-state index is 6.25. The smallest absolute Gasteiger partial charge is 0.119 e. The lowest BCUT2D eigenvalue weighted by Crippen LogP contribution is -2.35. The topological polar surface area (TPSA) is 35.2 Å². The number of methoxy groups -OCH3 is 1. The molecule has 0 spiro atoms. The molecule has 88 valence electrons. The molecule has 0 amide bonds. The summed E-state index contributed by atoms with van der Waals surface area (Å²) in [6, 6.07) is 6.70. The quantitative estimate of drug-likeness (QED) is 0.830. The molecule has 0 aliphatic heterocycles. The van der Waals surface area contributed by atoms with Crippen molar-refractivity contribution in [2.45, 2.75) is 38.6 Å². The molecule has 2 heteroatoms. The maximum Gasteiger partial charge on any atom is 0.119 e. The summed E-state index contributed by atoms with van der Waals surface area (Å²) in [5.74, 6) is 2.00. The molecule has 2 atom stereocenters. The van der Waals surface area contributed by atoms with Gasteiger partial charge < -0.3 is 10.5 Å². The summed E-state index contributed by atoms with van der Waals surface area (Å²) in [6.45, 7) is 4.50. The average Bonchev–Trinajstić information content (AvgIpc) is 2.27. The lowest BCUT2D eigenvalue weighted by atomic mass is 9.74. The van der Waals surface area contributed by atoms with Crippen LogP contribution < -0.4 is 10.5 Å². The van der Waals surface area contributed by atoms with Crippen molar-refractivity contribution in [3.05, 3.63) is 29.3 Å². The Bertz CT molecular complexity index is 373. The standard InChI is InChI=1S/C14H21NO/c1-9(2)14-12-8-11(16-3)6-4-10(12)5-7-13(14)15/h4,6,8-9,13-14H,5,7,15H2,1-3H3. The summed E-state index contributed by atoms with van der Waals surface area (Å²) < 4.78 is 5.30. The van der Waals surface area contributed by atoms with Crippen LogP contribution in [-0.4, -0.2) is 13.2 Å². The Morgan fingerprint density at radius 3 is 2.75 bits per heavy atom. The molecule has 2 N–H and O–H groups in total. The van der Waals surface area contributed by atoms with Crippen molar-refractivity contribution in [1.29, 1.82) is 0 Å². The van der Waals surface area contributed by atoms with E-state index in [9.17, 15) is 0 Å². The highest BCUT2D eigenvalue weighted by atomic mass is 16.5. The summed E-state index contributed by atoms with van der Waals surface area (Å²) in [4.78, 5) is 0. The number of fused-ring (bicyclic) bond motifs is 1. The van der Waals surface area contributed by atoms with Gasteiger partial charge in [0.1, 0.15) is 5.75 Å². The number of nitrogens with two attached hydrogens (primary N) is 1. The SMILES string of the molecule is COc1ccc2c(c1)C(C(C)C)C(N)CC2. The van der Waals surface area contributed by atoms with E-state index in [-0.39, 0.29) is 0 Å². The van der Waals surface area contributed by atoms with Crippen LogP contribution in [0.25, 0.3) is 0 Å². The molecule has 0 fully saturated rings. The van der Waals surface area contributed by atoms with E-state index in [4.69, 9.17) is 10.5 Å². The fourth-order valence-electron chi connectivity index (χ4n) is 2.82. The van der Waals surface area contributed by atoms with Crippen LogP contribution in [0, 0.1) is 5.92 Å². The van der Waals surface area contributed by atoms with Gasteiger partial charge >= 0.3 is 0 Å². The third-order valence-corrected chi connectivity index (χ3v) is 3.64. The Balaban J connectivity index is 2.44. The van der Waals surface area contributed by atoms with Crippen molar-refractivity contribution in [2.75, 3.05) is 7.11 Å². The third kappa shape index (κ3) is 1.94. The van der Waals surface area contributed by atoms with Crippen molar-refractivity contribution >= 4 is 0 Å². The first-order valence-corrected chi connectivity index (χ1v) is 6.06. The van der Waals surface area contributed by atoms with Crippen LogP contribution in [0.3, 0.4) is 0 Å². The fraction of sp³-hybridized carbons (Fsp3) is 0.571. The predicted octanol–water partition coefficient (Wildman–Crippen LogP) is 2.71. The molecule has 2 unspecified atom stereocenters.